The van der Waals surface area contributed by atoms with Crippen molar-refractivity contribution in [3.05, 3.63) is 67.1 Å². The molecule has 10 heteroatoms. The van der Waals surface area contributed by atoms with E-state index in [1.54, 1.807) is 6.07 Å². The number of hydrogen-bond acceptors (Lipinski definition) is 8. The zero-order valence-corrected chi connectivity index (χ0v) is 33.1. The molecule has 280 valence electrons. The van der Waals surface area contributed by atoms with Crippen LogP contribution in [0.3, 0.4) is 0 Å². The fourth-order valence-electron chi connectivity index (χ4n) is 11.7. The normalized spacial score (nSPS) is 37.6. The Morgan fingerprint density at radius 2 is 1.35 bits per heavy atom. The SMILES string of the molecule is CC1(C)[C@@H](OC(=O)c2ccc(C(=O)O)s2)CC[C@]2(C)[C@H]3C=CC4=C5C[C@@](C)(COC(=O)c6ccc(C(=O)O)s6)CC[C@]5(C)CC[C@@]4(C)[C@]3(C)CC[C@@H]12. The zero-order valence-electron chi connectivity index (χ0n) is 31.4. The van der Waals surface area contributed by atoms with E-state index in [0.29, 0.717) is 28.2 Å². The maximum absolute atomic E-state index is 13.2. The smallest absolute Gasteiger partial charge is 0.348 e. The van der Waals surface area contributed by atoms with Crippen LogP contribution in [-0.2, 0) is 9.47 Å². The number of carbonyl (C=O) groups excluding carboxylic acids is 2. The predicted octanol–water partition coefficient (Wildman–Crippen LogP) is 10.3. The molecule has 0 amide bonds. The molecule has 0 bridgehead atoms. The lowest BCUT2D eigenvalue weighted by molar-refractivity contribution is -0.183. The van der Waals surface area contributed by atoms with Crippen molar-refractivity contribution in [2.24, 2.45) is 44.3 Å². The highest BCUT2D eigenvalue weighted by Gasteiger charge is 2.67. The van der Waals surface area contributed by atoms with Gasteiger partial charge < -0.3 is 19.7 Å². The predicted molar refractivity (Wildman–Crippen MR) is 201 cm³/mol. The van der Waals surface area contributed by atoms with Crippen LogP contribution in [0.1, 0.15) is 145 Å². The van der Waals surface area contributed by atoms with Crippen molar-refractivity contribution in [1.82, 2.24) is 0 Å². The number of thiophene rings is 2. The van der Waals surface area contributed by atoms with E-state index in [4.69, 9.17) is 9.47 Å². The van der Waals surface area contributed by atoms with Crippen molar-refractivity contribution in [3.63, 3.8) is 0 Å². The van der Waals surface area contributed by atoms with E-state index in [9.17, 15) is 29.4 Å². The molecule has 0 aliphatic heterocycles. The number of carbonyl (C=O) groups is 4. The standard InChI is InChI=1S/C42H52O8S2/c1-37(2)30-14-17-42(7)31(40(30,5)16-15-32(37)50-36(48)29-12-10-27(52-29)34(45)46)13-8-24-25-22-38(3,18-19-39(25,4)20-21-41(24,42)6)23-49-35(47)28-11-9-26(51-28)33(43)44/h8-13,30-32H,14-23H2,1-7H3,(H,43,44)(H,45,46)/t30-,31+,32-,38-,39+,40-,41+,42+/m0/s1. The summed E-state index contributed by atoms with van der Waals surface area (Å²) in [7, 11) is 0. The second-order valence-corrected chi connectivity index (χ2v) is 20.6. The van der Waals surface area contributed by atoms with Crippen molar-refractivity contribution in [1.29, 1.82) is 0 Å². The van der Waals surface area contributed by atoms with E-state index < -0.39 is 23.9 Å². The maximum atomic E-state index is 13.2. The topological polar surface area (TPSA) is 127 Å². The van der Waals surface area contributed by atoms with Crippen LogP contribution in [0.5, 0.6) is 0 Å². The molecular formula is C42H52O8S2. The first-order chi connectivity index (χ1) is 24.3. The maximum Gasteiger partial charge on any atom is 0.348 e. The van der Waals surface area contributed by atoms with Crippen LogP contribution in [0.25, 0.3) is 0 Å². The van der Waals surface area contributed by atoms with Gasteiger partial charge in [0.25, 0.3) is 0 Å². The van der Waals surface area contributed by atoms with Gasteiger partial charge in [-0.25, -0.2) is 19.2 Å². The van der Waals surface area contributed by atoms with Gasteiger partial charge in [-0.1, -0.05) is 66.2 Å². The Labute approximate surface area is 314 Å². The summed E-state index contributed by atoms with van der Waals surface area (Å²) in [6, 6.07) is 6.02. The Hall–Kier alpha value is -3.24. The molecule has 5 aliphatic rings. The summed E-state index contributed by atoms with van der Waals surface area (Å²) >= 11 is 1.92. The molecule has 2 aromatic rings. The van der Waals surface area contributed by atoms with Crippen LogP contribution in [0.2, 0.25) is 0 Å². The molecule has 0 spiro atoms. The van der Waals surface area contributed by atoms with Crippen LogP contribution in [0.4, 0.5) is 0 Å². The van der Waals surface area contributed by atoms with E-state index in [0.717, 1.165) is 80.5 Å². The number of carboxylic acids is 2. The molecule has 5 aliphatic carbocycles. The number of rotatable bonds is 7. The van der Waals surface area contributed by atoms with E-state index in [1.807, 2.05) is 0 Å². The van der Waals surface area contributed by atoms with Gasteiger partial charge in [-0.2, -0.15) is 0 Å². The Morgan fingerprint density at radius 1 is 0.750 bits per heavy atom. The third-order valence-electron chi connectivity index (χ3n) is 15.1. The van der Waals surface area contributed by atoms with Gasteiger partial charge in [0.05, 0.1) is 6.61 Å². The molecule has 52 heavy (non-hydrogen) atoms. The van der Waals surface area contributed by atoms with Crippen molar-refractivity contribution < 1.29 is 38.9 Å². The summed E-state index contributed by atoms with van der Waals surface area (Å²) in [5.74, 6) is -2.25. The number of esters is 2. The summed E-state index contributed by atoms with van der Waals surface area (Å²) in [6.45, 7) is 17.0. The largest absolute Gasteiger partial charge is 0.477 e. The number of carboxylic acid groups (broad SMARTS) is 2. The van der Waals surface area contributed by atoms with E-state index in [-0.39, 0.29) is 48.3 Å². The molecule has 7 rings (SSSR count). The van der Waals surface area contributed by atoms with Crippen molar-refractivity contribution in [2.75, 3.05) is 6.61 Å². The second kappa shape index (κ2) is 12.4. The van der Waals surface area contributed by atoms with Gasteiger partial charge in [-0.05, 0) is 121 Å². The van der Waals surface area contributed by atoms with Gasteiger partial charge in [0.2, 0.25) is 0 Å². The Morgan fingerprint density at radius 3 is 1.96 bits per heavy atom. The average molecular weight is 749 g/mol. The first-order valence-electron chi connectivity index (χ1n) is 18.7. The van der Waals surface area contributed by atoms with Gasteiger partial charge in [0, 0.05) is 10.8 Å². The first kappa shape index (κ1) is 37.1. The molecule has 3 saturated carbocycles. The van der Waals surface area contributed by atoms with E-state index in [2.05, 4.69) is 60.6 Å². The summed E-state index contributed by atoms with van der Waals surface area (Å²) < 4.78 is 12.1. The summed E-state index contributed by atoms with van der Waals surface area (Å²) in [5.41, 5.74) is 2.70. The highest BCUT2D eigenvalue weighted by molar-refractivity contribution is 7.16. The van der Waals surface area contributed by atoms with Crippen molar-refractivity contribution >= 4 is 46.6 Å². The molecule has 2 heterocycles. The summed E-state index contributed by atoms with van der Waals surface area (Å²) in [5, 5.41) is 18.6. The van der Waals surface area contributed by atoms with Crippen LogP contribution in [0, 0.1) is 44.3 Å². The molecule has 8 nitrogen and oxygen atoms in total. The molecule has 0 aromatic carbocycles. The molecule has 0 saturated heterocycles. The van der Waals surface area contributed by atoms with Crippen LogP contribution in [-0.4, -0.2) is 46.8 Å². The van der Waals surface area contributed by atoms with Gasteiger partial charge >= 0.3 is 23.9 Å². The quantitative estimate of drug-likeness (QED) is 0.268. The molecule has 8 atom stereocenters. The van der Waals surface area contributed by atoms with Gasteiger partial charge in [-0.15, -0.1) is 22.7 Å². The number of hydrogen-bond donors (Lipinski definition) is 2. The Kier molecular flexibility index (Phi) is 8.85. The number of fused-ring (bicyclic) bond motifs is 6. The highest BCUT2D eigenvalue weighted by atomic mass is 32.1. The van der Waals surface area contributed by atoms with Gasteiger partial charge in [0.1, 0.15) is 25.6 Å². The first-order valence-corrected chi connectivity index (χ1v) is 20.4. The molecule has 0 radical (unpaired) electrons. The highest BCUT2D eigenvalue weighted by Crippen LogP contribution is 2.74. The molecular weight excluding hydrogens is 697 g/mol. The second-order valence-electron chi connectivity index (χ2n) is 18.4. The van der Waals surface area contributed by atoms with E-state index in [1.165, 1.54) is 29.3 Å². The molecule has 0 unspecified atom stereocenters. The minimum Gasteiger partial charge on any atom is -0.477 e. The fraction of sp³-hybridized carbons (Fsp3) is 0.619. The Bertz CT molecular complexity index is 1900. The van der Waals surface area contributed by atoms with Crippen molar-refractivity contribution in [3.8, 4) is 0 Å². The fourth-order valence-corrected chi connectivity index (χ4v) is 13.2. The van der Waals surface area contributed by atoms with E-state index >= 15 is 0 Å². The van der Waals surface area contributed by atoms with Crippen LogP contribution in [0.15, 0.2) is 47.6 Å². The average Bonchev–Trinajstić information content (AvgIpc) is 3.78. The summed E-state index contributed by atoms with van der Waals surface area (Å²) in [6.07, 6.45) is 13.8. The number of allylic oxidation sites excluding steroid dienone is 4. The summed E-state index contributed by atoms with van der Waals surface area (Å²) in [4.78, 5) is 49.9. The molecule has 3 fully saturated rings. The minimum atomic E-state index is -1.04. The third kappa shape index (κ3) is 5.64. The molecule has 2 aromatic heterocycles. The van der Waals surface area contributed by atoms with Crippen molar-refractivity contribution in [2.45, 2.75) is 112 Å². The minimum absolute atomic E-state index is 0.0111. The molecule has 2 N–H and O–H groups in total. The van der Waals surface area contributed by atoms with Crippen LogP contribution < -0.4 is 0 Å². The Balaban J connectivity index is 1.14. The van der Waals surface area contributed by atoms with Crippen LogP contribution >= 0.6 is 22.7 Å². The lowest BCUT2D eigenvalue weighted by Crippen LogP contribution is -2.63. The monoisotopic (exact) mass is 748 g/mol. The van der Waals surface area contributed by atoms with Gasteiger partial charge in [0.15, 0.2) is 0 Å². The number of ether oxygens (including phenoxy) is 2. The van der Waals surface area contributed by atoms with Gasteiger partial charge in [-0.3, -0.25) is 0 Å². The lowest BCUT2D eigenvalue weighted by Gasteiger charge is -2.69. The lowest BCUT2D eigenvalue weighted by atomic mass is 9.35. The number of aromatic carboxylic acids is 2. The third-order valence-corrected chi connectivity index (χ3v) is 17.2. The zero-order chi connectivity index (χ0) is 37.6.